The lowest BCUT2D eigenvalue weighted by molar-refractivity contribution is 0.625. The molecule has 1 aliphatic rings. The fourth-order valence-corrected chi connectivity index (χ4v) is 2.14. The van der Waals surface area contributed by atoms with E-state index in [1.54, 1.807) is 12.4 Å². The summed E-state index contributed by atoms with van der Waals surface area (Å²) in [6.45, 7) is 1.11. The van der Waals surface area contributed by atoms with Crippen molar-refractivity contribution >= 4 is 0 Å². The number of aromatic amines is 1. The molecule has 0 aliphatic carbocycles. The number of rotatable bonds is 2. The van der Waals surface area contributed by atoms with Crippen LogP contribution in [0.15, 0.2) is 30.6 Å². The molecule has 16 heavy (non-hydrogen) atoms. The summed E-state index contributed by atoms with van der Waals surface area (Å²) in [4.78, 5) is 4.00. The lowest BCUT2D eigenvalue weighted by atomic mass is 10.1. The molecule has 0 spiro atoms. The summed E-state index contributed by atoms with van der Waals surface area (Å²) >= 11 is 0. The minimum absolute atomic E-state index is 0.447. The topological polar surface area (TPSA) is 53.6 Å². The minimum atomic E-state index is 0.447. The maximum atomic E-state index is 4.34. The van der Waals surface area contributed by atoms with E-state index in [0.717, 1.165) is 17.8 Å². The molecule has 82 valence electrons. The van der Waals surface area contributed by atoms with E-state index in [1.165, 1.54) is 18.5 Å². The average Bonchev–Trinajstić information content (AvgIpc) is 3.01. The molecule has 1 aliphatic heterocycles. The van der Waals surface area contributed by atoms with E-state index in [0.29, 0.717) is 6.04 Å². The first-order valence-corrected chi connectivity index (χ1v) is 5.62. The molecule has 1 atom stereocenters. The summed E-state index contributed by atoms with van der Waals surface area (Å²) in [6.07, 6.45) is 6.02. The molecule has 2 aromatic rings. The van der Waals surface area contributed by atoms with Crippen molar-refractivity contribution in [3.8, 4) is 11.3 Å². The Kier molecular flexibility index (Phi) is 2.42. The standard InChI is InChI=1S/C12H14N4/c1-2-10(14-5-1)12-8-11(15-16-12)9-3-6-13-7-4-9/h3-4,6-8,10,14H,1-2,5H2,(H,15,16). The van der Waals surface area contributed by atoms with Crippen LogP contribution in [0.4, 0.5) is 0 Å². The molecule has 0 radical (unpaired) electrons. The lowest BCUT2D eigenvalue weighted by Gasteiger charge is -2.05. The van der Waals surface area contributed by atoms with Gasteiger partial charge in [0, 0.05) is 24.0 Å². The highest BCUT2D eigenvalue weighted by molar-refractivity contribution is 5.58. The lowest BCUT2D eigenvalue weighted by Crippen LogP contribution is -2.12. The third-order valence-corrected chi connectivity index (χ3v) is 3.01. The van der Waals surface area contributed by atoms with Gasteiger partial charge >= 0.3 is 0 Å². The van der Waals surface area contributed by atoms with Crippen LogP contribution in [-0.4, -0.2) is 21.7 Å². The molecule has 0 aromatic carbocycles. The quantitative estimate of drug-likeness (QED) is 0.802. The highest BCUT2D eigenvalue weighted by Crippen LogP contribution is 2.24. The first-order chi connectivity index (χ1) is 7.93. The summed E-state index contributed by atoms with van der Waals surface area (Å²) in [5.41, 5.74) is 3.28. The summed E-state index contributed by atoms with van der Waals surface area (Å²) < 4.78 is 0. The molecule has 0 bridgehead atoms. The molecule has 1 unspecified atom stereocenters. The highest BCUT2D eigenvalue weighted by Gasteiger charge is 2.18. The average molecular weight is 214 g/mol. The van der Waals surface area contributed by atoms with Gasteiger partial charge < -0.3 is 5.32 Å². The Morgan fingerprint density at radius 3 is 2.88 bits per heavy atom. The second kappa shape index (κ2) is 4.06. The van der Waals surface area contributed by atoms with Gasteiger partial charge in [-0.25, -0.2) is 0 Å². The number of hydrogen-bond acceptors (Lipinski definition) is 3. The zero-order valence-corrected chi connectivity index (χ0v) is 8.98. The Bertz CT molecular complexity index is 457. The normalized spacial score (nSPS) is 20.1. The second-order valence-corrected chi connectivity index (χ2v) is 4.09. The zero-order valence-electron chi connectivity index (χ0n) is 8.98. The van der Waals surface area contributed by atoms with Crippen LogP contribution >= 0.6 is 0 Å². The molecule has 4 heteroatoms. The van der Waals surface area contributed by atoms with E-state index in [-0.39, 0.29) is 0 Å². The first-order valence-electron chi connectivity index (χ1n) is 5.62. The highest BCUT2D eigenvalue weighted by atomic mass is 15.1. The van der Waals surface area contributed by atoms with E-state index >= 15 is 0 Å². The largest absolute Gasteiger partial charge is 0.309 e. The van der Waals surface area contributed by atoms with Crippen molar-refractivity contribution < 1.29 is 0 Å². The van der Waals surface area contributed by atoms with Gasteiger partial charge in [-0.3, -0.25) is 10.1 Å². The Labute approximate surface area is 94.1 Å². The minimum Gasteiger partial charge on any atom is -0.309 e. The maximum absolute atomic E-state index is 4.34. The molecule has 0 saturated carbocycles. The monoisotopic (exact) mass is 214 g/mol. The van der Waals surface area contributed by atoms with Crippen LogP contribution in [0, 0.1) is 0 Å². The molecule has 0 amide bonds. The third-order valence-electron chi connectivity index (χ3n) is 3.01. The molecule has 2 aromatic heterocycles. The van der Waals surface area contributed by atoms with Gasteiger partial charge in [-0.2, -0.15) is 5.10 Å². The zero-order chi connectivity index (χ0) is 10.8. The molecule has 3 heterocycles. The van der Waals surface area contributed by atoms with E-state index in [1.807, 2.05) is 12.1 Å². The third kappa shape index (κ3) is 1.72. The maximum Gasteiger partial charge on any atom is 0.0925 e. The SMILES string of the molecule is c1cc(-c2cc(C3CCCN3)[nH]n2)ccn1. The number of aromatic nitrogens is 3. The summed E-state index contributed by atoms with van der Waals surface area (Å²) in [6, 6.07) is 6.52. The van der Waals surface area contributed by atoms with Gasteiger partial charge in [0.05, 0.1) is 11.4 Å². The molecular weight excluding hydrogens is 200 g/mol. The van der Waals surface area contributed by atoms with Crippen LogP contribution in [-0.2, 0) is 0 Å². The van der Waals surface area contributed by atoms with Crippen molar-refractivity contribution in [2.45, 2.75) is 18.9 Å². The van der Waals surface area contributed by atoms with Crippen LogP contribution in [0.3, 0.4) is 0 Å². The van der Waals surface area contributed by atoms with Crippen LogP contribution < -0.4 is 5.32 Å². The Hall–Kier alpha value is -1.68. The predicted octanol–water partition coefficient (Wildman–Crippen LogP) is 1.90. The van der Waals surface area contributed by atoms with Crippen molar-refractivity contribution in [3.63, 3.8) is 0 Å². The number of H-pyrrole nitrogens is 1. The van der Waals surface area contributed by atoms with Gasteiger partial charge in [0.25, 0.3) is 0 Å². The van der Waals surface area contributed by atoms with Gasteiger partial charge in [-0.15, -0.1) is 0 Å². The number of hydrogen-bond donors (Lipinski definition) is 2. The summed E-state index contributed by atoms with van der Waals surface area (Å²) in [5, 5.41) is 10.9. The molecule has 2 N–H and O–H groups in total. The van der Waals surface area contributed by atoms with Crippen LogP contribution in [0.1, 0.15) is 24.6 Å². The van der Waals surface area contributed by atoms with E-state index < -0.39 is 0 Å². The van der Waals surface area contributed by atoms with Crippen molar-refractivity contribution in [1.82, 2.24) is 20.5 Å². The van der Waals surface area contributed by atoms with Gasteiger partial charge in [0.15, 0.2) is 0 Å². The molecule has 1 saturated heterocycles. The van der Waals surface area contributed by atoms with Gasteiger partial charge in [-0.1, -0.05) is 0 Å². The van der Waals surface area contributed by atoms with Crippen molar-refractivity contribution in [2.24, 2.45) is 0 Å². The van der Waals surface area contributed by atoms with Crippen LogP contribution in [0.2, 0.25) is 0 Å². The predicted molar refractivity (Wildman–Crippen MR) is 61.8 cm³/mol. The van der Waals surface area contributed by atoms with E-state index in [9.17, 15) is 0 Å². The Morgan fingerprint density at radius 2 is 2.12 bits per heavy atom. The number of nitrogens with zero attached hydrogens (tertiary/aromatic N) is 2. The fraction of sp³-hybridized carbons (Fsp3) is 0.333. The Balaban J connectivity index is 1.87. The fourth-order valence-electron chi connectivity index (χ4n) is 2.14. The smallest absolute Gasteiger partial charge is 0.0925 e. The Morgan fingerprint density at radius 1 is 1.25 bits per heavy atom. The first kappa shape index (κ1) is 9.54. The molecule has 4 nitrogen and oxygen atoms in total. The summed E-state index contributed by atoms with van der Waals surface area (Å²) in [5.74, 6) is 0. The molecular formula is C12H14N4. The van der Waals surface area contributed by atoms with Crippen molar-refractivity contribution in [2.75, 3.05) is 6.54 Å². The summed E-state index contributed by atoms with van der Waals surface area (Å²) in [7, 11) is 0. The van der Waals surface area contributed by atoms with E-state index in [2.05, 4.69) is 26.6 Å². The van der Waals surface area contributed by atoms with Crippen LogP contribution in [0.25, 0.3) is 11.3 Å². The second-order valence-electron chi connectivity index (χ2n) is 4.09. The number of pyridine rings is 1. The van der Waals surface area contributed by atoms with Gasteiger partial charge in [-0.05, 0) is 37.6 Å². The van der Waals surface area contributed by atoms with Gasteiger partial charge in [0.2, 0.25) is 0 Å². The number of nitrogens with one attached hydrogen (secondary N) is 2. The van der Waals surface area contributed by atoms with Crippen molar-refractivity contribution in [3.05, 3.63) is 36.3 Å². The van der Waals surface area contributed by atoms with Crippen molar-refractivity contribution in [1.29, 1.82) is 0 Å². The molecule has 3 rings (SSSR count). The van der Waals surface area contributed by atoms with Gasteiger partial charge in [0.1, 0.15) is 0 Å². The molecule has 1 fully saturated rings. The van der Waals surface area contributed by atoms with Crippen LogP contribution in [0.5, 0.6) is 0 Å². The van der Waals surface area contributed by atoms with E-state index in [4.69, 9.17) is 0 Å².